The average molecular weight is 370 g/mol. The van der Waals surface area contributed by atoms with Gasteiger partial charge in [-0.05, 0) is 59.5 Å². The van der Waals surface area contributed by atoms with Gasteiger partial charge >= 0.3 is 11.9 Å². The molecule has 0 amide bonds. The van der Waals surface area contributed by atoms with Crippen molar-refractivity contribution in [3.05, 3.63) is 12.2 Å². The van der Waals surface area contributed by atoms with Gasteiger partial charge in [0.15, 0.2) is 0 Å². The molecular weight excluding hydrogens is 330 g/mol. The molecule has 26 heavy (non-hydrogen) atoms. The van der Waals surface area contributed by atoms with E-state index in [4.69, 9.17) is 9.47 Å². The van der Waals surface area contributed by atoms with Crippen LogP contribution in [0.3, 0.4) is 0 Å². The normalized spacial score (nSPS) is 11.7. The third kappa shape index (κ3) is 19.0. The number of unbranched alkanes of at least 4 members (excludes halogenated alkanes) is 4. The summed E-state index contributed by atoms with van der Waals surface area (Å²) >= 11 is 0. The van der Waals surface area contributed by atoms with Crippen molar-refractivity contribution >= 4 is 11.9 Å². The summed E-state index contributed by atoms with van der Waals surface area (Å²) in [7, 11) is 0. The van der Waals surface area contributed by atoms with Crippen molar-refractivity contribution in [3.63, 3.8) is 0 Å². The fraction of sp³-hybridized carbons (Fsp3) is 0.810. The molecule has 0 radical (unpaired) electrons. The quantitative estimate of drug-likeness (QED) is 0.261. The lowest BCUT2D eigenvalue weighted by Crippen LogP contribution is -2.25. The minimum atomic E-state index is -0.422. The molecule has 0 aliphatic heterocycles. The van der Waals surface area contributed by atoms with E-state index in [1.165, 1.54) is 25.7 Å². The minimum absolute atomic E-state index is 0.156. The lowest BCUT2D eigenvalue weighted by molar-refractivity contribution is -0.154. The van der Waals surface area contributed by atoms with E-state index in [9.17, 15) is 9.59 Å². The molecule has 0 aliphatic carbocycles. The van der Waals surface area contributed by atoms with E-state index in [1.807, 2.05) is 26.8 Å². The Morgan fingerprint density at radius 3 is 2.15 bits per heavy atom. The first kappa shape index (κ1) is 24.6. The standard InChI is InChI=1S/C21H39NO4/c1-5-6-7-8-9-10-11-18-25-19(23)14-12-16-22-17-13-15-20(24)26-21(2,3)4/h10-11,22H,5-9,12-18H2,1-4H3/b11-10-. The van der Waals surface area contributed by atoms with Gasteiger partial charge in [-0.25, -0.2) is 0 Å². The molecule has 0 aliphatic rings. The van der Waals surface area contributed by atoms with Gasteiger partial charge in [0.1, 0.15) is 12.2 Å². The van der Waals surface area contributed by atoms with Gasteiger partial charge in [0.05, 0.1) is 0 Å². The second kappa shape index (κ2) is 15.9. The molecule has 0 rings (SSSR count). The van der Waals surface area contributed by atoms with Crippen molar-refractivity contribution in [2.75, 3.05) is 19.7 Å². The number of rotatable bonds is 15. The second-order valence-electron chi connectivity index (χ2n) is 7.55. The van der Waals surface area contributed by atoms with Crippen molar-refractivity contribution in [2.45, 2.75) is 91.1 Å². The molecule has 0 aromatic carbocycles. The highest BCUT2D eigenvalue weighted by molar-refractivity contribution is 5.70. The van der Waals surface area contributed by atoms with Crippen molar-refractivity contribution in [1.29, 1.82) is 0 Å². The van der Waals surface area contributed by atoms with Crippen LogP contribution in [0, 0.1) is 0 Å². The first-order valence-corrected chi connectivity index (χ1v) is 10.1. The third-order valence-electron chi connectivity index (χ3n) is 3.62. The van der Waals surface area contributed by atoms with Crippen LogP contribution in [-0.4, -0.2) is 37.2 Å². The fourth-order valence-electron chi connectivity index (χ4n) is 2.32. The van der Waals surface area contributed by atoms with Gasteiger partial charge in [-0.1, -0.05) is 38.3 Å². The van der Waals surface area contributed by atoms with E-state index < -0.39 is 5.60 Å². The van der Waals surface area contributed by atoms with Crippen LogP contribution in [0.25, 0.3) is 0 Å². The monoisotopic (exact) mass is 369 g/mol. The minimum Gasteiger partial charge on any atom is -0.461 e. The molecule has 0 unspecified atom stereocenters. The highest BCUT2D eigenvalue weighted by Gasteiger charge is 2.15. The van der Waals surface area contributed by atoms with Gasteiger partial charge in [0, 0.05) is 12.8 Å². The molecule has 1 N–H and O–H groups in total. The molecular formula is C21H39NO4. The molecule has 0 saturated carbocycles. The van der Waals surface area contributed by atoms with E-state index >= 15 is 0 Å². The second-order valence-corrected chi connectivity index (χ2v) is 7.55. The van der Waals surface area contributed by atoms with E-state index in [-0.39, 0.29) is 11.9 Å². The van der Waals surface area contributed by atoms with Crippen LogP contribution in [0.5, 0.6) is 0 Å². The highest BCUT2D eigenvalue weighted by atomic mass is 16.6. The highest BCUT2D eigenvalue weighted by Crippen LogP contribution is 2.08. The molecule has 0 saturated heterocycles. The smallest absolute Gasteiger partial charge is 0.306 e. The molecule has 152 valence electrons. The molecule has 0 atom stereocenters. The predicted molar refractivity (Wildman–Crippen MR) is 106 cm³/mol. The SMILES string of the molecule is CCCCCC/C=C\COC(=O)CCCNCCCC(=O)OC(C)(C)C. The first-order chi connectivity index (χ1) is 12.3. The molecule has 5 heteroatoms. The molecule has 0 heterocycles. The van der Waals surface area contributed by atoms with Crippen molar-refractivity contribution in [3.8, 4) is 0 Å². The largest absolute Gasteiger partial charge is 0.461 e. The Morgan fingerprint density at radius 1 is 0.885 bits per heavy atom. The Balaban J connectivity index is 3.41. The van der Waals surface area contributed by atoms with Crippen LogP contribution >= 0.6 is 0 Å². The predicted octanol–water partition coefficient (Wildman–Crippen LogP) is 4.55. The zero-order chi connectivity index (χ0) is 19.7. The lowest BCUT2D eigenvalue weighted by atomic mass is 10.1. The molecule has 5 nitrogen and oxygen atoms in total. The fourth-order valence-corrected chi connectivity index (χ4v) is 2.32. The van der Waals surface area contributed by atoms with Crippen LogP contribution in [0.4, 0.5) is 0 Å². The average Bonchev–Trinajstić information content (AvgIpc) is 2.54. The molecule has 0 bridgehead atoms. The summed E-state index contributed by atoms with van der Waals surface area (Å²) in [6, 6.07) is 0. The maximum atomic E-state index is 11.6. The van der Waals surface area contributed by atoms with Gasteiger partial charge in [-0.15, -0.1) is 0 Å². The summed E-state index contributed by atoms with van der Waals surface area (Å²) in [5, 5.41) is 3.23. The molecule has 0 aromatic heterocycles. The Kier molecular flexibility index (Phi) is 15.0. The zero-order valence-electron chi connectivity index (χ0n) is 17.3. The zero-order valence-corrected chi connectivity index (χ0v) is 17.3. The summed E-state index contributed by atoms with van der Waals surface area (Å²) < 4.78 is 10.4. The number of nitrogens with one attached hydrogen (secondary N) is 1. The first-order valence-electron chi connectivity index (χ1n) is 10.1. The van der Waals surface area contributed by atoms with Crippen LogP contribution in [0.15, 0.2) is 12.2 Å². The third-order valence-corrected chi connectivity index (χ3v) is 3.62. The summed E-state index contributed by atoms with van der Waals surface area (Å²) in [6.45, 7) is 9.67. The number of hydrogen-bond acceptors (Lipinski definition) is 5. The molecule has 0 aromatic rings. The maximum absolute atomic E-state index is 11.6. The van der Waals surface area contributed by atoms with E-state index in [0.717, 1.165) is 32.4 Å². The maximum Gasteiger partial charge on any atom is 0.306 e. The number of allylic oxidation sites excluding steroid dienone is 1. The topological polar surface area (TPSA) is 64.6 Å². The summed E-state index contributed by atoms with van der Waals surface area (Å²) in [4.78, 5) is 23.1. The Morgan fingerprint density at radius 2 is 1.54 bits per heavy atom. The Hall–Kier alpha value is -1.36. The van der Waals surface area contributed by atoms with E-state index in [0.29, 0.717) is 19.4 Å². The van der Waals surface area contributed by atoms with Gasteiger partial charge in [0.25, 0.3) is 0 Å². The van der Waals surface area contributed by atoms with Gasteiger partial charge in [0.2, 0.25) is 0 Å². The van der Waals surface area contributed by atoms with Crippen molar-refractivity contribution in [1.82, 2.24) is 5.32 Å². The van der Waals surface area contributed by atoms with Crippen LogP contribution < -0.4 is 5.32 Å². The number of carbonyl (C=O) groups excluding carboxylic acids is 2. The number of carbonyl (C=O) groups is 2. The van der Waals surface area contributed by atoms with Gasteiger partial charge in [-0.3, -0.25) is 9.59 Å². The Labute approximate surface area is 159 Å². The summed E-state index contributed by atoms with van der Waals surface area (Å²) in [5.41, 5.74) is -0.422. The van der Waals surface area contributed by atoms with E-state index in [1.54, 1.807) is 0 Å². The van der Waals surface area contributed by atoms with Crippen molar-refractivity contribution < 1.29 is 19.1 Å². The van der Waals surface area contributed by atoms with Crippen LogP contribution in [0.1, 0.15) is 85.5 Å². The van der Waals surface area contributed by atoms with Gasteiger partial charge in [-0.2, -0.15) is 0 Å². The van der Waals surface area contributed by atoms with Crippen LogP contribution in [-0.2, 0) is 19.1 Å². The lowest BCUT2D eigenvalue weighted by Gasteiger charge is -2.19. The Bertz CT molecular complexity index is 399. The molecule has 0 spiro atoms. The number of hydrogen-bond donors (Lipinski definition) is 1. The van der Waals surface area contributed by atoms with Crippen molar-refractivity contribution in [2.24, 2.45) is 0 Å². The molecule has 0 fully saturated rings. The number of esters is 2. The van der Waals surface area contributed by atoms with E-state index in [2.05, 4.69) is 18.3 Å². The van der Waals surface area contributed by atoms with Crippen LogP contribution in [0.2, 0.25) is 0 Å². The summed E-state index contributed by atoms with van der Waals surface area (Å²) in [5.74, 6) is -0.322. The van der Waals surface area contributed by atoms with Gasteiger partial charge < -0.3 is 14.8 Å². The summed E-state index contributed by atoms with van der Waals surface area (Å²) in [6.07, 6.45) is 12.4. The number of ether oxygens (including phenoxy) is 2.